The maximum Gasteiger partial charge on any atom is 0.123 e. The second kappa shape index (κ2) is 3.69. The van der Waals surface area contributed by atoms with Crippen LogP contribution in [-0.4, -0.2) is 5.94 Å². The number of carbonyl (C=O) groups excluding carboxylic acids is 1. The van der Waals surface area contributed by atoms with Crippen molar-refractivity contribution in [2.75, 3.05) is 0 Å². The van der Waals surface area contributed by atoms with Gasteiger partial charge in [-0.2, -0.15) is 0 Å². The Morgan fingerprint density at radius 1 is 1.36 bits per heavy atom. The molecule has 0 N–H and O–H groups in total. The van der Waals surface area contributed by atoms with Crippen LogP contribution >= 0.6 is 0 Å². The van der Waals surface area contributed by atoms with Gasteiger partial charge in [0.1, 0.15) is 11.8 Å². The van der Waals surface area contributed by atoms with Gasteiger partial charge in [-0.3, -0.25) is 0 Å². The largest absolute Gasteiger partial charge is 0.234 e. The van der Waals surface area contributed by atoms with Gasteiger partial charge in [-0.05, 0) is 17.7 Å². The Labute approximate surface area is 64.2 Å². The van der Waals surface area contributed by atoms with Crippen LogP contribution in [0, 0.1) is 5.82 Å². The molecule has 0 aliphatic carbocycles. The van der Waals surface area contributed by atoms with Gasteiger partial charge < -0.3 is 0 Å². The van der Waals surface area contributed by atoms with E-state index >= 15 is 0 Å². The van der Waals surface area contributed by atoms with Crippen molar-refractivity contribution < 1.29 is 9.18 Å². The van der Waals surface area contributed by atoms with E-state index in [2.05, 4.69) is 0 Å². The molecule has 0 bridgehead atoms. The van der Waals surface area contributed by atoms with E-state index in [1.807, 2.05) is 0 Å². The molecule has 2 heteroatoms. The van der Waals surface area contributed by atoms with Crippen molar-refractivity contribution in [3.63, 3.8) is 0 Å². The summed E-state index contributed by atoms with van der Waals surface area (Å²) in [7, 11) is 0. The topological polar surface area (TPSA) is 17.1 Å². The molecule has 0 unspecified atom stereocenters. The Balaban J connectivity index is 2.73. The predicted octanol–water partition coefficient (Wildman–Crippen LogP) is 1.76. The van der Waals surface area contributed by atoms with Gasteiger partial charge >= 0.3 is 0 Å². The van der Waals surface area contributed by atoms with Gasteiger partial charge in [-0.25, -0.2) is 9.18 Å². The number of hydrogen-bond acceptors (Lipinski definition) is 1. The second-order valence-electron chi connectivity index (χ2n) is 2.15. The summed E-state index contributed by atoms with van der Waals surface area (Å²) in [6.07, 6.45) is 1.89. The van der Waals surface area contributed by atoms with Crippen molar-refractivity contribution in [2.45, 2.75) is 6.42 Å². The third-order valence-electron chi connectivity index (χ3n) is 1.33. The van der Waals surface area contributed by atoms with Gasteiger partial charge in [0, 0.05) is 12.5 Å². The summed E-state index contributed by atoms with van der Waals surface area (Å²) >= 11 is 0. The SMILES string of the molecule is O=C=CCc1ccc(F)cc1. The van der Waals surface area contributed by atoms with E-state index in [1.54, 1.807) is 18.1 Å². The lowest BCUT2D eigenvalue weighted by Crippen LogP contribution is -1.80. The molecule has 1 aromatic rings. The molecular weight excluding hydrogens is 143 g/mol. The van der Waals surface area contributed by atoms with Gasteiger partial charge in [-0.1, -0.05) is 12.1 Å². The van der Waals surface area contributed by atoms with E-state index in [1.165, 1.54) is 18.2 Å². The van der Waals surface area contributed by atoms with E-state index in [-0.39, 0.29) is 5.82 Å². The zero-order valence-corrected chi connectivity index (χ0v) is 5.88. The Kier molecular flexibility index (Phi) is 2.59. The predicted molar refractivity (Wildman–Crippen MR) is 40.4 cm³/mol. The van der Waals surface area contributed by atoms with E-state index in [0.717, 1.165) is 5.56 Å². The minimum Gasteiger partial charge on any atom is -0.234 e. The molecule has 0 aliphatic rings. The van der Waals surface area contributed by atoms with Crippen LogP contribution in [0.3, 0.4) is 0 Å². The minimum atomic E-state index is -0.260. The Morgan fingerprint density at radius 3 is 2.55 bits per heavy atom. The molecule has 0 spiro atoms. The monoisotopic (exact) mass is 150 g/mol. The molecule has 0 fully saturated rings. The molecule has 0 saturated carbocycles. The summed E-state index contributed by atoms with van der Waals surface area (Å²) in [5.41, 5.74) is 0.912. The first kappa shape index (κ1) is 7.70. The normalized spacial score (nSPS) is 8.82. The van der Waals surface area contributed by atoms with Crippen LogP contribution in [0.15, 0.2) is 30.3 Å². The van der Waals surface area contributed by atoms with Gasteiger partial charge in [0.25, 0.3) is 0 Å². The summed E-state index contributed by atoms with van der Waals surface area (Å²) in [6, 6.07) is 6.02. The van der Waals surface area contributed by atoms with Crippen molar-refractivity contribution >= 4 is 5.94 Å². The molecule has 0 saturated heterocycles. The number of halogens is 1. The number of rotatable bonds is 2. The first-order valence-corrected chi connectivity index (χ1v) is 3.26. The van der Waals surface area contributed by atoms with Crippen LogP contribution in [0.2, 0.25) is 0 Å². The number of benzene rings is 1. The average molecular weight is 150 g/mol. The van der Waals surface area contributed by atoms with E-state index in [4.69, 9.17) is 0 Å². The molecule has 0 atom stereocenters. The highest BCUT2D eigenvalue weighted by molar-refractivity contribution is 5.46. The zero-order chi connectivity index (χ0) is 8.10. The highest BCUT2D eigenvalue weighted by Crippen LogP contribution is 2.02. The van der Waals surface area contributed by atoms with Gasteiger partial charge in [0.15, 0.2) is 0 Å². The Morgan fingerprint density at radius 2 is 2.00 bits per heavy atom. The third kappa shape index (κ3) is 2.36. The Hall–Kier alpha value is -1.40. The lowest BCUT2D eigenvalue weighted by molar-refractivity contribution is 0.568. The molecule has 0 aliphatic heterocycles. The van der Waals surface area contributed by atoms with Gasteiger partial charge in [-0.15, -0.1) is 0 Å². The first-order valence-electron chi connectivity index (χ1n) is 3.26. The lowest BCUT2D eigenvalue weighted by Gasteiger charge is -1.92. The molecule has 1 rings (SSSR count). The summed E-state index contributed by atoms with van der Waals surface area (Å²) in [5, 5.41) is 0. The van der Waals surface area contributed by atoms with Crippen LogP contribution < -0.4 is 0 Å². The van der Waals surface area contributed by atoms with E-state index in [9.17, 15) is 9.18 Å². The van der Waals surface area contributed by atoms with Gasteiger partial charge in [0.2, 0.25) is 0 Å². The third-order valence-corrected chi connectivity index (χ3v) is 1.33. The highest BCUT2D eigenvalue weighted by atomic mass is 19.1. The molecule has 0 amide bonds. The van der Waals surface area contributed by atoms with Crippen molar-refractivity contribution in [1.29, 1.82) is 0 Å². The summed E-state index contributed by atoms with van der Waals surface area (Å²) < 4.78 is 12.3. The maximum atomic E-state index is 12.3. The molecule has 1 aromatic carbocycles. The lowest BCUT2D eigenvalue weighted by atomic mass is 10.1. The highest BCUT2D eigenvalue weighted by Gasteiger charge is 1.89. The standard InChI is InChI=1S/C9H7FO/c10-9-5-3-8(4-6-9)2-1-7-11/h1,3-6H,2H2. The van der Waals surface area contributed by atoms with Crippen LogP contribution in [0.1, 0.15) is 5.56 Å². The quantitative estimate of drug-likeness (QED) is 0.587. The van der Waals surface area contributed by atoms with Crippen molar-refractivity contribution in [3.8, 4) is 0 Å². The molecule has 0 aromatic heterocycles. The van der Waals surface area contributed by atoms with E-state index < -0.39 is 0 Å². The average Bonchev–Trinajstić information content (AvgIpc) is 2.04. The van der Waals surface area contributed by atoms with Crippen molar-refractivity contribution in [2.24, 2.45) is 0 Å². The fourth-order valence-electron chi connectivity index (χ4n) is 0.780. The van der Waals surface area contributed by atoms with Crippen molar-refractivity contribution in [3.05, 3.63) is 41.7 Å². The molecule has 0 radical (unpaired) electrons. The van der Waals surface area contributed by atoms with E-state index in [0.29, 0.717) is 6.42 Å². The zero-order valence-electron chi connectivity index (χ0n) is 5.88. The molecule has 56 valence electrons. The maximum absolute atomic E-state index is 12.3. The molecular formula is C9H7FO. The minimum absolute atomic E-state index is 0.260. The summed E-state index contributed by atoms with van der Waals surface area (Å²) in [4.78, 5) is 9.79. The molecule has 0 heterocycles. The molecule has 11 heavy (non-hydrogen) atoms. The van der Waals surface area contributed by atoms with Crippen molar-refractivity contribution in [1.82, 2.24) is 0 Å². The fourth-order valence-corrected chi connectivity index (χ4v) is 0.780. The first-order chi connectivity index (χ1) is 5.33. The number of hydrogen-bond donors (Lipinski definition) is 0. The summed E-state index contributed by atoms with van der Waals surface area (Å²) in [5.74, 6) is 1.40. The van der Waals surface area contributed by atoms with Crippen LogP contribution in [0.25, 0.3) is 0 Å². The van der Waals surface area contributed by atoms with Crippen LogP contribution in [0.5, 0.6) is 0 Å². The fraction of sp³-hybridized carbons (Fsp3) is 0.111. The molecule has 1 nitrogen and oxygen atoms in total. The summed E-state index contributed by atoms with van der Waals surface area (Å²) in [6.45, 7) is 0. The second-order valence-corrected chi connectivity index (χ2v) is 2.15. The Bertz CT molecular complexity index is 270. The smallest absolute Gasteiger partial charge is 0.123 e. The number of allylic oxidation sites excluding steroid dienone is 1. The van der Waals surface area contributed by atoms with Crippen LogP contribution in [-0.2, 0) is 11.2 Å². The van der Waals surface area contributed by atoms with Gasteiger partial charge in [0.05, 0.1) is 0 Å². The van der Waals surface area contributed by atoms with Crippen LogP contribution in [0.4, 0.5) is 4.39 Å².